The van der Waals surface area contributed by atoms with Gasteiger partial charge in [-0.15, -0.1) is 0 Å². The molecule has 1 rings (SSSR count). The fraction of sp³-hybridized carbons (Fsp3) is 0.500. The zero-order chi connectivity index (χ0) is 11.4. The predicted octanol–water partition coefficient (Wildman–Crippen LogP) is 4.08. The van der Waals surface area contributed by atoms with Gasteiger partial charge >= 0.3 is 0 Å². The highest BCUT2D eigenvalue weighted by Crippen LogP contribution is 2.23. The third-order valence-corrected chi connectivity index (χ3v) is 2.73. The van der Waals surface area contributed by atoms with Crippen LogP contribution >= 0.6 is 0 Å². The number of nitrogens with zero attached hydrogens (tertiary/aromatic N) is 1. The van der Waals surface area contributed by atoms with E-state index in [4.69, 9.17) is 0 Å². The molecule has 0 amide bonds. The highest BCUT2D eigenvalue weighted by molar-refractivity contribution is 6.05. The smallest absolute Gasteiger partial charge is 0.0610 e. The summed E-state index contributed by atoms with van der Waals surface area (Å²) < 4.78 is 0. The predicted molar refractivity (Wildman–Crippen MR) is 68.5 cm³/mol. The number of hydrogen-bond acceptors (Lipinski definition) is 1. The molecule has 0 atom stereocenters. The molecule has 1 heteroatoms. The standard InChI is InChI=1S/C14H21N/c1-6-7-10(2)8-11(3)14-12(4)9-15-13(14)5/h8H,3,6-7,9H2,1-2,4-5H3/b10-8-. The molecule has 15 heavy (non-hydrogen) atoms. The van der Waals surface area contributed by atoms with E-state index in [9.17, 15) is 0 Å². The fourth-order valence-corrected chi connectivity index (χ4v) is 2.05. The van der Waals surface area contributed by atoms with E-state index in [0.717, 1.165) is 24.3 Å². The van der Waals surface area contributed by atoms with E-state index in [1.165, 1.54) is 23.1 Å². The Bertz CT molecular complexity index is 354. The molecule has 0 spiro atoms. The first kappa shape index (κ1) is 12.0. The molecule has 0 radical (unpaired) electrons. The molecule has 0 aromatic carbocycles. The van der Waals surface area contributed by atoms with Crippen molar-refractivity contribution in [2.75, 3.05) is 6.54 Å². The van der Waals surface area contributed by atoms with Gasteiger partial charge in [-0.1, -0.05) is 31.6 Å². The molecular weight excluding hydrogens is 182 g/mol. The molecule has 1 aliphatic rings. The largest absolute Gasteiger partial charge is 0.285 e. The van der Waals surface area contributed by atoms with Crippen LogP contribution < -0.4 is 0 Å². The van der Waals surface area contributed by atoms with Crippen LogP contribution in [0, 0.1) is 0 Å². The van der Waals surface area contributed by atoms with Crippen molar-refractivity contribution < 1.29 is 0 Å². The van der Waals surface area contributed by atoms with E-state index in [2.05, 4.69) is 45.3 Å². The van der Waals surface area contributed by atoms with Crippen molar-refractivity contribution >= 4 is 5.71 Å². The van der Waals surface area contributed by atoms with Gasteiger partial charge in [-0.3, -0.25) is 4.99 Å². The van der Waals surface area contributed by atoms with Gasteiger partial charge in [0.1, 0.15) is 0 Å². The molecular formula is C14H21N. The van der Waals surface area contributed by atoms with E-state index in [-0.39, 0.29) is 0 Å². The Hall–Kier alpha value is -1.11. The first-order valence-electron chi connectivity index (χ1n) is 5.63. The van der Waals surface area contributed by atoms with Gasteiger partial charge < -0.3 is 0 Å². The van der Waals surface area contributed by atoms with Crippen LogP contribution in [-0.4, -0.2) is 12.3 Å². The molecule has 1 nitrogen and oxygen atoms in total. The van der Waals surface area contributed by atoms with Crippen LogP contribution in [0.1, 0.15) is 40.5 Å². The molecule has 0 saturated heterocycles. The van der Waals surface area contributed by atoms with Crippen molar-refractivity contribution in [2.24, 2.45) is 4.99 Å². The lowest BCUT2D eigenvalue weighted by Crippen LogP contribution is -1.97. The Morgan fingerprint density at radius 3 is 2.60 bits per heavy atom. The van der Waals surface area contributed by atoms with E-state index in [1.54, 1.807) is 0 Å². The minimum atomic E-state index is 0.848. The maximum absolute atomic E-state index is 4.43. The van der Waals surface area contributed by atoms with Gasteiger partial charge in [0.15, 0.2) is 0 Å². The first-order chi connectivity index (χ1) is 7.06. The SMILES string of the molecule is C=C(/C=C(/C)CCC)C1=C(C)CN=C1C. The molecule has 0 saturated carbocycles. The van der Waals surface area contributed by atoms with Crippen LogP contribution in [0.15, 0.2) is 39.9 Å². The van der Waals surface area contributed by atoms with Gasteiger partial charge in [0, 0.05) is 11.3 Å². The molecule has 0 bridgehead atoms. The topological polar surface area (TPSA) is 12.4 Å². The summed E-state index contributed by atoms with van der Waals surface area (Å²) in [6, 6.07) is 0. The molecule has 1 heterocycles. The number of rotatable bonds is 4. The van der Waals surface area contributed by atoms with Crippen LogP contribution in [0.2, 0.25) is 0 Å². The Morgan fingerprint density at radius 1 is 1.47 bits per heavy atom. The van der Waals surface area contributed by atoms with Crippen molar-refractivity contribution in [2.45, 2.75) is 40.5 Å². The summed E-state index contributed by atoms with van der Waals surface area (Å²) in [4.78, 5) is 4.43. The van der Waals surface area contributed by atoms with Gasteiger partial charge in [0.25, 0.3) is 0 Å². The summed E-state index contributed by atoms with van der Waals surface area (Å²) in [5, 5.41) is 0. The van der Waals surface area contributed by atoms with E-state index in [0.29, 0.717) is 0 Å². The second-order valence-electron chi connectivity index (χ2n) is 4.32. The summed E-state index contributed by atoms with van der Waals surface area (Å²) >= 11 is 0. The molecule has 0 aromatic heterocycles. The normalized spacial score (nSPS) is 17.1. The van der Waals surface area contributed by atoms with E-state index < -0.39 is 0 Å². The van der Waals surface area contributed by atoms with Crippen molar-refractivity contribution in [3.8, 4) is 0 Å². The maximum atomic E-state index is 4.43. The van der Waals surface area contributed by atoms with Crippen LogP contribution in [0.3, 0.4) is 0 Å². The van der Waals surface area contributed by atoms with Crippen LogP contribution in [0.25, 0.3) is 0 Å². The number of hydrogen-bond donors (Lipinski definition) is 0. The Kier molecular flexibility index (Phi) is 4.07. The van der Waals surface area contributed by atoms with E-state index >= 15 is 0 Å². The molecule has 0 unspecified atom stereocenters. The summed E-state index contributed by atoms with van der Waals surface area (Å²) in [5.74, 6) is 0. The molecule has 0 fully saturated rings. The summed E-state index contributed by atoms with van der Waals surface area (Å²) in [6.07, 6.45) is 4.55. The third kappa shape index (κ3) is 2.92. The van der Waals surface area contributed by atoms with Gasteiger partial charge in [0.05, 0.1) is 6.54 Å². The maximum Gasteiger partial charge on any atom is 0.0610 e. The minimum absolute atomic E-state index is 0.848. The van der Waals surface area contributed by atoms with Crippen LogP contribution in [-0.2, 0) is 0 Å². The van der Waals surface area contributed by atoms with Crippen molar-refractivity contribution in [3.05, 3.63) is 34.9 Å². The van der Waals surface area contributed by atoms with Crippen molar-refractivity contribution in [3.63, 3.8) is 0 Å². The second-order valence-corrected chi connectivity index (χ2v) is 4.32. The average molecular weight is 203 g/mol. The lowest BCUT2D eigenvalue weighted by atomic mass is 9.97. The second kappa shape index (κ2) is 5.11. The lowest BCUT2D eigenvalue weighted by Gasteiger charge is -2.06. The minimum Gasteiger partial charge on any atom is -0.285 e. The van der Waals surface area contributed by atoms with Gasteiger partial charge in [-0.2, -0.15) is 0 Å². The summed E-state index contributed by atoms with van der Waals surface area (Å²) in [7, 11) is 0. The van der Waals surface area contributed by atoms with Gasteiger partial charge in [0.2, 0.25) is 0 Å². The van der Waals surface area contributed by atoms with E-state index in [1.807, 2.05) is 0 Å². The molecule has 0 aliphatic carbocycles. The molecule has 0 aromatic rings. The summed E-state index contributed by atoms with van der Waals surface area (Å²) in [6.45, 7) is 13.6. The van der Waals surface area contributed by atoms with Gasteiger partial charge in [-0.05, 0) is 38.3 Å². The lowest BCUT2D eigenvalue weighted by molar-refractivity contribution is 0.904. The highest BCUT2D eigenvalue weighted by atomic mass is 14.8. The van der Waals surface area contributed by atoms with Crippen molar-refractivity contribution in [1.82, 2.24) is 0 Å². The average Bonchev–Trinajstić information content (AvgIpc) is 2.46. The monoisotopic (exact) mass is 203 g/mol. The Labute approximate surface area is 93.3 Å². The molecule has 1 aliphatic heterocycles. The Balaban J connectivity index is 2.82. The zero-order valence-electron chi connectivity index (χ0n) is 10.4. The van der Waals surface area contributed by atoms with Crippen LogP contribution in [0.5, 0.6) is 0 Å². The Morgan fingerprint density at radius 2 is 2.13 bits per heavy atom. The highest BCUT2D eigenvalue weighted by Gasteiger charge is 2.13. The van der Waals surface area contributed by atoms with Crippen LogP contribution in [0.4, 0.5) is 0 Å². The van der Waals surface area contributed by atoms with Crippen molar-refractivity contribution in [1.29, 1.82) is 0 Å². The summed E-state index contributed by atoms with van der Waals surface area (Å²) in [5.41, 5.74) is 6.28. The number of allylic oxidation sites excluding steroid dienone is 4. The third-order valence-electron chi connectivity index (χ3n) is 2.73. The first-order valence-corrected chi connectivity index (χ1v) is 5.63. The molecule has 82 valence electrons. The number of aliphatic imine (C=N–C) groups is 1. The fourth-order valence-electron chi connectivity index (χ4n) is 2.05. The van der Waals surface area contributed by atoms with Gasteiger partial charge in [-0.25, -0.2) is 0 Å². The molecule has 0 N–H and O–H groups in total. The zero-order valence-corrected chi connectivity index (χ0v) is 10.4. The quantitative estimate of drug-likeness (QED) is 0.610.